The number of hydrogen-bond donors (Lipinski definition) is 1. The third-order valence-electron chi connectivity index (χ3n) is 3.92. The van der Waals surface area contributed by atoms with E-state index in [9.17, 15) is 4.79 Å². The quantitative estimate of drug-likeness (QED) is 0.532. The number of ether oxygens (including phenoxy) is 1. The molecule has 26 heavy (non-hydrogen) atoms. The molecule has 0 radical (unpaired) electrons. The fraction of sp³-hybridized carbons (Fsp3) is 0.100. The maximum Gasteiger partial charge on any atom is 0.261 e. The fourth-order valence-corrected chi connectivity index (χ4v) is 4.55. The van der Waals surface area contributed by atoms with Gasteiger partial charge >= 0.3 is 0 Å². The Bertz CT molecular complexity index is 1040. The van der Waals surface area contributed by atoms with E-state index in [0.29, 0.717) is 11.4 Å². The first-order valence-corrected chi connectivity index (χ1v) is 9.73. The molecule has 4 rings (SSSR count). The lowest BCUT2D eigenvalue weighted by Gasteiger charge is -2.05. The van der Waals surface area contributed by atoms with Crippen LogP contribution in [-0.2, 0) is 6.54 Å². The van der Waals surface area contributed by atoms with Crippen LogP contribution in [0.3, 0.4) is 0 Å². The summed E-state index contributed by atoms with van der Waals surface area (Å²) in [4.78, 5) is 18.8. The lowest BCUT2D eigenvalue weighted by atomic mass is 10.2. The number of para-hydroxylation sites is 1. The molecular formula is C20H16N2O2S2. The predicted molar refractivity (Wildman–Crippen MR) is 107 cm³/mol. The summed E-state index contributed by atoms with van der Waals surface area (Å²) in [5.41, 5.74) is 1.99. The normalized spacial score (nSPS) is 10.8. The molecule has 0 spiro atoms. The predicted octanol–water partition coefficient (Wildman–Crippen LogP) is 4.96. The number of nitrogens with one attached hydrogen (secondary N) is 1. The van der Waals surface area contributed by atoms with Crippen LogP contribution in [-0.4, -0.2) is 18.0 Å². The number of carbonyl (C=O) groups excluding carboxylic acids is 1. The Labute approximate surface area is 159 Å². The summed E-state index contributed by atoms with van der Waals surface area (Å²) < 4.78 is 6.36. The first-order valence-electron chi connectivity index (χ1n) is 8.10. The number of rotatable bonds is 5. The summed E-state index contributed by atoms with van der Waals surface area (Å²) >= 11 is 3.11. The minimum absolute atomic E-state index is 0.0785. The molecule has 0 saturated carbocycles. The number of benzene rings is 2. The number of hydrogen-bond acceptors (Lipinski definition) is 5. The number of methoxy groups -OCH3 is 1. The monoisotopic (exact) mass is 380 g/mol. The van der Waals surface area contributed by atoms with Crippen LogP contribution in [0.1, 0.15) is 15.2 Å². The highest BCUT2D eigenvalue weighted by Crippen LogP contribution is 2.34. The molecule has 4 nitrogen and oxygen atoms in total. The Balaban J connectivity index is 1.47. The van der Waals surface area contributed by atoms with Crippen LogP contribution < -0.4 is 10.1 Å². The lowest BCUT2D eigenvalue weighted by molar-refractivity contribution is 0.0955. The summed E-state index contributed by atoms with van der Waals surface area (Å²) in [7, 11) is 1.63. The third kappa shape index (κ3) is 3.47. The first kappa shape index (κ1) is 16.8. The minimum atomic E-state index is -0.0785. The largest absolute Gasteiger partial charge is 0.497 e. The maximum atomic E-state index is 12.4. The number of aromatic nitrogens is 1. The van der Waals surface area contributed by atoms with Crippen LogP contribution >= 0.6 is 22.7 Å². The van der Waals surface area contributed by atoms with Gasteiger partial charge in [0.05, 0.1) is 27.1 Å². The summed E-state index contributed by atoms with van der Waals surface area (Å²) in [6, 6.07) is 19.6. The van der Waals surface area contributed by atoms with E-state index in [0.717, 1.165) is 31.4 Å². The van der Waals surface area contributed by atoms with Gasteiger partial charge < -0.3 is 10.1 Å². The van der Waals surface area contributed by atoms with E-state index in [-0.39, 0.29) is 5.91 Å². The molecule has 0 bridgehead atoms. The molecule has 1 amide bonds. The second kappa shape index (κ2) is 7.27. The van der Waals surface area contributed by atoms with Gasteiger partial charge in [-0.1, -0.05) is 24.3 Å². The van der Waals surface area contributed by atoms with Crippen molar-refractivity contribution in [1.29, 1.82) is 0 Å². The standard InChI is InChI=1S/C20H16N2O2S2/c1-24-14-6-4-5-13(11-14)12-21-19(23)17-9-10-18(25-17)20-22-15-7-2-3-8-16(15)26-20/h2-11H,12H2,1H3,(H,21,23). The summed E-state index contributed by atoms with van der Waals surface area (Å²) in [6.07, 6.45) is 0. The van der Waals surface area contributed by atoms with Gasteiger partial charge in [-0.25, -0.2) is 4.98 Å². The van der Waals surface area contributed by atoms with Crippen molar-refractivity contribution in [3.05, 3.63) is 71.1 Å². The SMILES string of the molecule is COc1cccc(CNC(=O)c2ccc(-c3nc4ccccc4s3)s2)c1. The van der Waals surface area contributed by atoms with E-state index < -0.39 is 0 Å². The molecule has 0 aliphatic rings. The van der Waals surface area contributed by atoms with Crippen molar-refractivity contribution in [2.75, 3.05) is 7.11 Å². The maximum absolute atomic E-state index is 12.4. The van der Waals surface area contributed by atoms with Crippen LogP contribution in [0.4, 0.5) is 0 Å². The van der Waals surface area contributed by atoms with Crippen molar-refractivity contribution in [3.63, 3.8) is 0 Å². The number of thiazole rings is 1. The van der Waals surface area contributed by atoms with E-state index in [1.807, 2.05) is 54.6 Å². The van der Waals surface area contributed by atoms with Gasteiger partial charge in [-0.15, -0.1) is 22.7 Å². The van der Waals surface area contributed by atoms with Crippen molar-refractivity contribution in [1.82, 2.24) is 10.3 Å². The van der Waals surface area contributed by atoms with Crippen LogP contribution in [0.25, 0.3) is 20.1 Å². The molecule has 0 fully saturated rings. The topological polar surface area (TPSA) is 51.2 Å². The highest BCUT2D eigenvalue weighted by Gasteiger charge is 2.13. The van der Waals surface area contributed by atoms with Gasteiger partial charge in [0.1, 0.15) is 10.8 Å². The van der Waals surface area contributed by atoms with Crippen molar-refractivity contribution in [2.45, 2.75) is 6.54 Å². The van der Waals surface area contributed by atoms with Gasteiger partial charge in [-0.3, -0.25) is 4.79 Å². The summed E-state index contributed by atoms with van der Waals surface area (Å²) in [5, 5.41) is 3.90. The highest BCUT2D eigenvalue weighted by atomic mass is 32.1. The second-order valence-corrected chi connectivity index (χ2v) is 7.80. The zero-order chi connectivity index (χ0) is 17.9. The molecule has 0 atom stereocenters. The zero-order valence-electron chi connectivity index (χ0n) is 14.1. The summed E-state index contributed by atoms with van der Waals surface area (Å²) in [5.74, 6) is 0.705. The Kier molecular flexibility index (Phi) is 4.69. The molecule has 2 aromatic carbocycles. The molecule has 2 aromatic heterocycles. The van der Waals surface area contributed by atoms with Crippen molar-refractivity contribution in [2.24, 2.45) is 0 Å². The molecule has 0 saturated heterocycles. The van der Waals surface area contributed by atoms with Gasteiger partial charge in [0.2, 0.25) is 0 Å². The number of fused-ring (bicyclic) bond motifs is 1. The Hall–Kier alpha value is -2.70. The molecular weight excluding hydrogens is 364 g/mol. The van der Waals surface area contributed by atoms with E-state index in [1.54, 1.807) is 18.4 Å². The average molecular weight is 380 g/mol. The van der Waals surface area contributed by atoms with Crippen molar-refractivity contribution >= 4 is 38.8 Å². The van der Waals surface area contributed by atoms with Crippen molar-refractivity contribution < 1.29 is 9.53 Å². The Morgan fingerprint density at radius 1 is 1.08 bits per heavy atom. The zero-order valence-corrected chi connectivity index (χ0v) is 15.7. The first-order chi connectivity index (χ1) is 12.7. The third-order valence-corrected chi connectivity index (χ3v) is 6.21. The number of carbonyl (C=O) groups is 1. The molecule has 130 valence electrons. The molecule has 1 N–H and O–H groups in total. The lowest BCUT2D eigenvalue weighted by Crippen LogP contribution is -2.21. The van der Waals surface area contributed by atoms with Gasteiger partial charge in [0.15, 0.2) is 0 Å². The van der Waals surface area contributed by atoms with E-state index in [4.69, 9.17) is 4.74 Å². The minimum Gasteiger partial charge on any atom is -0.497 e. The summed E-state index contributed by atoms with van der Waals surface area (Å²) in [6.45, 7) is 0.463. The van der Waals surface area contributed by atoms with Gasteiger partial charge in [0, 0.05) is 6.54 Å². The molecule has 2 heterocycles. The average Bonchev–Trinajstić information content (AvgIpc) is 3.33. The van der Waals surface area contributed by atoms with E-state index in [1.165, 1.54) is 11.3 Å². The number of amides is 1. The van der Waals surface area contributed by atoms with Crippen LogP contribution in [0, 0.1) is 0 Å². The molecule has 0 aliphatic heterocycles. The molecule has 0 unspecified atom stereocenters. The van der Waals surface area contributed by atoms with Gasteiger partial charge in [-0.05, 0) is 42.0 Å². The fourth-order valence-electron chi connectivity index (χ4n) is 2.60. The van der Waals surface area contributed by atoms with Crippen LogP contribution in [0.15, 0.2) is 60.7 Å². The highest BCUT2D eigenvalue weighted by molar-refractivity contribution is 7.26. The van der Waals surface area contributed by atoms with Gasteiger partial charge in [-0.2, -0.15) is 0 Å². The molecule has 0 aliphatic carbocycles. The van der Waals surface area contributed by atoms with Crippen molar-refractivity contribution in [3.8, 4) is 15.6 Å². The Morgan fingerprint density at radius 3 is 2.81 bits per heavy atom. The molecule has 6 heteroatoms. The number of nitrogens with zero attached hydrogens (tertiary/aromatic N) is 1. The van der Waals surface area contributed by atoms with Crippen LogP contribution in [0.2, 0.25) is 0 Å². The van der Waals surface area contributed by atoms with Gasteiger partial charge in [0.25, 0.3) is 5.91 Å². The Morgan fingerprint density at radius 2 is 1.96 bits per heavy atom. The van der Waals surface area contributed by atoms with E-state index >= 15 is 0 Å². The smallest absolute Gasteiger partial charge is 0.261 e. The second-order valence-electron chi connectivity index (χ2n) is 5.68. The molecule has 4 aromatic rings. The number of thiophene rings is 1. The van der Waals surface area contributed by atoms with Crippen LogP contribution in [0.5, 0.6) is 5.75 Å². The van der Waals surface area contributed by atoms with E-state index in [2.05, 4.69) is 16.4 Å².